The fourth-order valence-corrected chi connectivity index (χ4v) is 10.5. The van der Waals surface area contributed by atoms with Gasteiger partial charge in [-0.05, 0) is 179 Å². The molecule has 4 aliphatic rings. The number of rotatable bonds is 11. The molecule has 2 aromatic rings. The van der Waals surface area contributed by atoms with Crippen LogP contribution in [0.4, 0.5) is 17.6 Å². The Balaban J connectivity index is 0.917. The highest BCUT2D eigenvalue weighted by Crippen LogP contribution is 2.43. The molecule has 0 aliphatic heterocycles. The summed E-state index contributed by atoms with van der Waals surface area (Å²) in [6, 6.07) is 7.00. The van der Waals surface area contributed by atoms with Crippen LogP contribution < -0.4 is 0 Å². The van der Waals surface area contributed by atoms with Crippen LogP contribution in [0.2, 0.25) is 0 Å². The van der Waals surface area contributed by atoms with Crippen molar-refractivity contribution in [2.45, 2.75) is 168 Å². The van der Waals surface area contributed by atoms with Crippen LogP contribution in [0, 0.1) is 73.8 Å². The molecule has 5 heteroatoms. The topological polar surface area (TPSA) is 9.23 Å². The molecule has 1 nitrogen and oxygen atoms in total. The minimum absolute atomic E-state index is 0.358. The van der Waals surface area contributed by atoms with Crippen molar-refractivity contribution < 1.29 is 22.3 Å². The molecule has 0 radical (unpaired) electrons. The summed E-state index contributed by atoms with van der Waals surface area (Å²) in [5.41, 5.74) is 4.89. The second-order valence-electron chi connectivity index (χ2n) is 17.8. The zero-order valence-electron chi connectivity index (χ0n) is 31.5. The summed E-state index contributed by atoms with van der Waals surface area (Å²) in [6.07, 6.45) is 17.2. The van der Waals surface area contributed by atoms with Crippen LogP contribution in [0.15, 0.2) is 24.3 Å². The number of halogens is 4. The molecule has 4 fully saturated rings. The van der Waals surface area contributed by atoms with Gasteiger partial charge in [0.1, 0.15) is 17.2 Å². The van der Waals surface area contributed by atoms with Crippen molar-refractivity contribution in [3.63, 3.8) is 0 Å². The molecule has 0 bridgehead atoms. The lowest BCUT2D eigenvalue weighted by atomic mass is 9.72. The summed E-state index contributed by atoms with van der Waals surface area (Å²) in [6.45, 7) is 8.98. The van der Waals surface area contributed by atoms with E-state index in [0.717, 1.165) is 74.3 Å². The number of hydrogen-bond acceptors (Lipinski definition) is 1. The maximum absolute atomic E-state index is 15.3. The van der Waals surface area contributed by atoms with Crippen molar-refractivity contribution in [3.05, 3.63) is 69.3 Å². The second kappa shape index (κ2) is 16.9. The van der Waals surface area contributed by atoms with Gasteiger partial charge in [-0.25, -0.2) is 8.78 Å². The highest BCUT2D eigenvalue weighted by molar-refractivity contribution is 5.37. The first-order valence-corrected chi connectivity index (χ1v) is 20.5. The predicted molar refractivity (Wildman–Crippen MR) is 196 cm³/mol. The van der Waals surface area contributed by atoms with Crippen LogP contribution in [-0.2, 0) is 23.7 Å². The average molecular weight is 697 g/mol. The van der Waals surface area contributed by atoms with Gasteiger partial charge in [0.25, 0.3) is 0 Å². The standard InChI is InChI=1S/C45H64F4O/c1-29-5-7-33(8-6-29)23-34-11-15-37(16-12-34)26-40-27-42(46)44(43(47)28-40)45(48,49)50-41-19-17-38(18-20-41)24-35-9-13-36(14-10-35)25-39-21-30(2)32(4)31(3)22-39/h21-22,27-29,33-38,41H,5-20,23-26H2,1-4H3. The van der Waals surface area contributed by atoms with E-state index >= 15 is 17.6 Å². The van der Waals surface area contributed by atoms with Crippen molar-refractivity contribution in [3.8, 4) is 0 Å². The highest BCUT2D eigenvalue weighted by atomic mass is 19.3. The van der Waals surface area contributed by atoms with Gasteiger partial charge < -0.3 is 4.74 Å². The first-order chi connectivity index (χ1) is 23.9. The van der Waals surface area contributed by atoms with Crippen molar-refractivity contribution in [1.29, 1.82) is 0 Å². The van der Waals surface area contributed by atoms with Gasteiger partial charge in [0.2, 0.25) is 0 Å². The maximum atomic E-state index is 15.3. The van der Waals surface area contributed by atoms with Crippen LogP contribution >= 0.6 is 0 Å². The summed E-state index contributed by atoms with van der Waals surface area (Å²) < 4.78 is 66.3. The summed E-state index contributed by atoms with van der Waals surface area (Å²) in [5.74, 6) is 2.47. The normalized spacial score (nSPS) is 31.1. The van der Waals surface area contributed by atoms with Gasteiger partial charge in [-0.3, -0.25) is 0 Å². The first kappa shape index (κ1) is 37.9. The van der Waals surface area contributed by atoms with Crippen molar-refractivity contribution in [1.82, 2.24) is 0 Å². The monoisotopic (exact) mass is 696 g/mol. The van der Waals surface area contributed by atoms with E-state index in [-0.39, 0.29) is 0 Å². The third-order valence-corrected chi connectivity index (χ3v) is 13.9. The zero-order valence-corrected chi connectivity index (χ0v) is 31.5. The Kier molecular flexibility index (Phi) is 12.8. The molecular formula is C45H64F4O. The Hall–Kier alpha value is -1.88. The lowest BCUT2D eigenvalue weighted by molar-refractivity contribution is -0.280. The lowest BCUT2D eigenvalue weighted by Gasteiger charge is -2.35. The van der Waals surface area contributed by atoms with Gasteiger partial charge in [0.15, 0.2) is 0 Å². The number of ether oxygens (including phenoxy) is 1. The Morgan fingerprint density at radius 2 is 0.900 bits per heavy atom. The van der Waals surface area contributed by atoms with Gasteiger partial charge in [0, 0.05) is 0 Å². The molecule has 6 rings (SSSR count). The average Bonchev–Trinajstić information content (AvgIpc) is 3.07. The molecule has 278 valence electrons. The Labute approximate surface area is 300 Å². The van der Waals surface area contributed by atoms with Gasteiger partial charge in [-0.2, -0.15) is 8.78 Å². The van der Waals surface area contributed by atoms with E-state index in [2.05, 4.69) is 39.8 Å². The van der Waals surface area contributed by atoms with Crippen LogP contribution in [0.1, 0.15) is 156 Å². The molecule has 0 amide bonds. The van der Waals surface area contributed by atoms with E-state index in [1.165, 1.54) is 92.9 Å². The molecule has 0 heterocycles. The Bertz CT molecular complexity index is 1340. The quantitative estimate of drug-likeness (QED) is 0.213. The second-order valence-corrected chi connectivity index (χ2v) is 17.8. The minimum atomic E-state index is -3.98. The number of benzene rings is 2. The van der Waals surface area contributed by atoms with Crippen molar-refractivity contribution in [2.24, 2.45) is 41.4 Å². The molecule has 0 spiro atoms. The summed E-state index contributed by atoms with van der Waals surface area (Å²) in [5, 5.41) is 0. The Morgan fingerprint density at radius 1 is 0.540 bits per heavy atom. The molecule has 4 saturated carbocycles. The molecule has 0 N–H and O–H groups in total. The van der Waals surface area contributed by atoms with Crippen molar-refractivity contribution >= 4 is 0 Å². The highest BCUT2D eigenvalue weighted by Gasteiger charge is 2.43. The zero-order chi connectivity index (χ0) is 35.4. The van der Waals surface area contributed by atoms with E-state index in [4.69, 9.17) is 4.74 Å². The minimum Gasteiger partial charge on any atom is -0.313 e. The fraction of sp³-hybridized carbons (Fsp3) is 0.733. The fourth-order valence-electron chi connectivity index (χ4n) is 10.5. The largest absolute Gasteiger partial charge is 0.389 e. The number of aryl methyl sites for hydroxylation is 2. The van der Waals surface area contributed by atoms with Crippen LogP contribution in [0.5, 0.6) is 0 Å². The lowest BCUT2D eigenvalue weighted by Crippen LogP contribution is -2.32. The van der Waals surface area contributed by atoms with E-state index in [0.29, 0.717) is 42.6 Å². The predicted octanol–water partition coefficient (Wildman–Crippen LogP) is 13.5. The molecule has 2 aromatic carbocycles. The molecule has 50 heavy (non-hydrogen) atoms. The maximum Gasteiger partial charge on any atom is 0.389 e. The molecule has 0 aromatic heterocycles. The molecule has 4 aliphatic carbocycles. The SMILES string of the molecule is Cc1cc(CC2CCC(CC3CCC(OC(F)(F)c4c(F)cc(CC5CCC(CC6CCC(C)CC6)CC5)cc4F)CC3)CC2)cc(C)c1C. The van der Waals surface area contributed by atoms with Gasteiger partial charge >= 0.3 is 6.11 Å². The molecule has 0 atom stereocenters. The van der Waals surface area contributed by atoms with Gasteiger partial charge in [0.05, 0.1) is 6.10 Å². The van der Waals surface area contributed by atoms with Crippen molar-refractivity contribution in [2.75, 3.05) is 0 Å². The van der Waals surface area contributed by atoms with Gasteiger partial charge in [-0.1, -0.05) is 70.4 Å². The van der Waals surface area contributed by atoms with Crippen LogP contribution in [-0.4, -0.2) is 6.10 Å². The van der Waals surface area contributed by atoms with E-state index < -0.39 is 29.4 Å². The van der Waals surface area contributed by atoms with E-state index in [9.17, 15) is 0 Å². The number of alkyl halides is 2. The molecular weight excluding hydrogens is 632 g/mol. The van der Waals surface area contributed by atoms with E-state index in [1.807, 2.05) is 0 Å². The third kappa shape index (κ3) is 9.95. The van der Waals surface area contributed by atoms with Gasteiger partial charge in [-0.15, -0.1) is 0 Å². The summed E-state index contributed by atoms with van der Waals surface area (Å²) in [7, 11) is 0. The van der Waals surface area contributed by atoms with Crippen LogP contribution in [0.25, 0.3) is 0 Å². The summed E-state index contributed by atoms with van der Waals surface area (Å²) >= 11 is 0. The smallest absolute Gasteiger partial charge is 0.313 e. The van der Waals surface area contributed by atoms with Crippen LogP contribution in [0.3, 0.4) is 0 Å². The first-order valence-electron chi connectivity index (χ1n) is 20.5. The molecule has 0 saturated heterocycles. The van der Waals surface area contributed by atoms with E-state index in [1.54, 1.807) is 0 Å². The Morgan fingerprint density at radius 3 is 1.34 bits per heavy atom. The number of hydrogen-bond donors (Lipinski definition) is 0. The third-order valence-electron chi connectivity index (χ3n) is 13.9. The summed E-state index contributed by atoms with van der Waals surface area (Å²) in [4.78, 5) is 0. The molecule has 0 unspecified atom stereocenters.